The zero-order valence-electron chi connectivity index (χ0n) is 15.7. The molecule has 0 unspecified atom stereocenters. The number of hydrogen-bond donors (Lipinski definition) is 1. The van der Waals surface area contributed by atoms with Gasteiger partial charge in [0.15, 0.2) is 5.03 Å². The molecule has 0 spiro atoms. The summed E-state index contributed by atoms with van der Waals surface area (Å²) < 4.78 is 26.7. The molecule has 0 saturated carbocycles. The summed E-state index contributed by atoms with van der Waals surface area (Å²) in [4.78, 5) is 14.1. The SMILES string of the molecule is Cn1nccc1S(=O)(=O)C(C)(C)C1CCN(C(=O)Nc2ccnnc2)CC1. The van der Waals surface area contributed by atoms with Gasteiger partial charge in [0.2, 0.25) is 9.84 Å². The lowest BCUT2D eigenvalue weighted by Crippen LogP contribution is -2.48. The first-order chi connectivity index (χ1) is 12.7. The van der Waals surface area contributed by atoms with Gasteiger partial charge >= 0.3 is 6.03 Å². The van der Waals surface area contributed by atoms with E-state index in [4.69, 9.17) is 0 Å². The molecule has 1 aliphatic heterocycles. The van der Waals surface area contributed by atoms with Crippen LogP contribution in [0.25, 0.3) is 0 Å². The van der Waals surface area contributed by atoms with Crippen LogP contribution >= 0.6 is 0 Å². The smallest absolute Gasteiger partial charge is 0.321 e. The summed E-state index contributed by atoms with van der Waals surface area (Å²) in [5.41, 5.74) is 0.580. The molecule has 10 heteroatoms. The zero-order valence-corrected chi connectivity index (χ0v) is 16.5. The van der Waals surface area contributed by atoms with E-state index in [1.165, 1.54) is 29.3 Å². The molecule has 3 heterocycles. The number of amides is 2. The lowest BCUT2D eigenvalue weighted by molar-refractivity contribution is 0.171. The van der Waals surface area contributed by atoms with Gasteiger partial charge in [-0.05, 0) is 44.7 Å². The van der Waals surface area contributed by atoms with Gasteiger partial charge < -0.3 is 10.2 Å². The molecule has 0 atom stereocenters. The minimum absolute atomic E-state index is 0.0518. The first-order valence-corrected chi connectivity index (χ1v) is 10.3. The van der Waals surface area contributed by atoms with Gasteiger partial charge in [-0.1, -0.05) is 0 Å². The third-order valence-corrected chi connectivity index (χ3v) is 8.01. The first-order valence-electron chi connectivity index (χ1n) is 8.79. The molecule has 2 amide bonds. The van der Waals surface area contributed by atoms with E-state index in [-0.39, 0.29) is 17.0 Å². The fourth-order valence-corrected chi connectivity index (χ4v) is 5.31. The van der Waals surface area contributed by atoms with Gasteiger partial charge in [-0.25, -0.2) is 13.2 Å². The Morgan fingerprint density at radius 2 is 1.89 bits per heavy atom. The van der Waals surface area contributed by atoms with Gasteiger partial charge in [0.25, 0.3) is 0 Å². The molecule has 0 aliphatic carbocycles. The summed E-state index contributed by atoms with van der Waals surface area (Å²) in [5.74, 6) is -0.0518. The van der Waals surface area contributed by atoms with E-state index in [1.54, 1.807) is 31.9 Å². The number of hydrogen-bond acceptors (Lipinski definition) is 6. The standard InChI is InChI=1S/C17H24N6O3S/c1-17(2,27(25,26)15-5-9-20-22(15)3)13-6-10-23(11-7-13)16(24)21-14-4-8-18-19-12-14/h4-5,8-9,12-13H,6-7,10-11H2,1-3H3,(H,18,21,24). The number of nitrogens with one attached hydrogen (secondary N) is 1. The highest BCUT2D eigenvalue weighted by atomic mass is 32.2. The fourth-order valence-electron chi connectivity index (χ4n) is 3.46. The predicted octanol–water partition coefficient (Wildman–Crippen LogP) is 1.71. The number of nitrogens with zero attached hydrogens (tertiary/aromatic N) is 5. The van der Waals surface area contributed by atoms with Crippen LogP contribution in [0.3, 0.4) is 0 Å². The second kappa shape index (κ2) is 7.26. The average Bonchev–Trinajstić information content (AvgIpc) is 3.09. The molecule has 2 aromatic heterocycles. The molecule has 1 aliphatic rings. The monoisotopic (exact) mass is 392 g/mol. The number of likely N-dealkylation sites (tertiary alicyclic amines) is 1. The van der Waals surface area contributed by atoms with Crippen LogP contribution in [0.4, 0.5) is 10.5 Å². The summed E-state index contributed by atoms with van der Waals surface area (Å²) in [5, 5.41) is 14.4. The molecule has 1 fully saturated rings. The Morgan fingerprint density at radius 1 is 1.19 bits per heavy atom. The van der Waals surface area contributed by atoms with Crippen molar-refractivity contribution in [3.8, 4) is 0 Å². The van der Waals surface area contributed by atoms with E-state index in [2.05, 4.69) is 20.6 Å². The lowest BCUT2D eigenvalue weighted by Gasteiger charge is -2.39. The average molecular weight is 392 g/mol. The van der Waals surface area contributed by atoms with Crippen LogP contribution in [-0.2, 0) is 16.9 Å². The zero-order chi connectivity index (χ0) is 19.7. The van der Waals surface area contributed by atoms with Crippen molar-refractivity contribution in [2.75, 3.05) is 18.4 Å². The van der Waals surface area contributed by atoms with Crippen molar-refractivity contribution >= 4 is 21.6 Å². The van der Waals surface area contributed by atoms with Gasteiger partial charge in [-0.15, -0.1) is 0 Å². The molecule has 1 N–H and O–H groups in total. The Labute approximate surface area is 158 Å². The third kappa shape index (κ3) is 3.66. The van der Waals surface area contributed by atoms with E-state index in [9.17, 15) is 13.2 Å². The van der Waals surface area contributed by atoms with Gasteiger partial charge in [-0.3, -0.25) is 4.68 Å². The summed E-state index contributed by atoms with van der Waals surface area (Å²) in [6.45, 7) is 4.52. The summed E-state index contributed by atoms with van der Waals surface area (Å²) >= 11 is 0. The number of anilines is 1. The highest BCUT2D eigenvalue weighted by Crippen LogP contribution is 2.37. The minimum Gasteiger partial charge on any atom is -0.325 e. The number of sulfone groups is 1. The predicted molar refractivity (Wildman–Crippen MR) is 99.8 cm³/mol. The Kier molecular flexibility index (Phi) is 5.18. The summed E-state index contributed by atoms with van der Waals surface area (Å²) in [6.07, 6.45) is 5.71. The number of rotatable bonds is 4. The molecule has 0 bridgehead atoms. The van der Waals surface area contributed by atoms with Crippen LogP contribution in [0.2, 0.25) is 0 Å². The van der Waals surface area contributed by atoms with E-state index in [0.717, 1.165) is 0 Å². The van der Waals surface area contributed by atoms with Crippen molar-refractivity contribution in [3.63, 3.8) is 0 Å². The van der Waals surface area contributed by atoms with Crippen molar-refractivity contribution in [2.45, 2.75) is 36.5 Å². The van der Waals surface area contributed by atoms with E-state index in [1.807, 2.05) is 0 Å². The van der Waals surface area contributed by atoms with Gasteiger partial charge in [0.05, 0.1) is 29.0 Å². The largest absolute Gasteiger partial charge is 0.325 e. The van der Waals surface area contributed by atoms with Crippen molar-refractivity contribution in [3.05, 3.63) is 30.7 Å². The Morgan fingerprint density at radius 3 is 2.44 bits per heavy atom. The highest BCUT2D eigenvalue weighted by Gasteiger charge is 2.45. The van der Waals surface area contributed by atoms with Crippen molar-refractivity contribution in [1.29, 1.82) is 0 Å². The first kappa shape index (κ1) is 19.3. The number of urea groups is 1. The van der Waals surface area contributed by atoms with Crippen LogP contribution < -0.4 is 5.32 Å². The van der Waals surface area contributed by atoms with E-state index in [0.29, 0.717) is 31.6 Å². The summed E-state index contributed by atoms with van der Waals surface area (Å²) in [7, 11) is -1.92. The molecule has 1 saturated heterocycles. The maximum absolute atomic E-state index is 13.1. The van der Waals surface area contributed by atoms with Crippen LogP contribution in [0.1, 0.15) is 26.7 Å². The molecule has 146 valence electrons. The maximum Gasteiger partial charge on any atom is 0.321 e. The van der Waals surface area contributed by atoms with Gasteiger partial charge in [0, 0.05) is 20.1 Å². The molecule has 9 nitrogen and oxygen atoms in total. The highest BCUT2D eigenvalue weighted by molar-refractivity contribution is 7.92. The number of aryl methyl sites for hydroxylation is 1. The van der Waals surface area contributed by atoms with Gasteiger partial charge in [0.1, 0.15) is 0 Å². The quantitative estimate of drug-likeness (QED) is 0.848. The second-order valence-electron chi connectivity index (χ2n) is 7.22. The number of piperidine rings is 1. The Bertz CT molecular complexity index is 902. The van der Waals surface area contributed by atoms with E-state index >= 15 is 0 Å². The number of carbonyl (C=O) groups is 1. The van der Waals surface area contributed by atoms with Crippen LogP contribution in [0.5, 0.6) is 0 Å². The van der Waals surface area contributed by atoms with Crippen molar-refractivity contribution in [2.24, 2.45) is 13.0 Å². The van der Waals surface area contributed by atoms with Crippen LogP contribution in [0, 0.1) is 5.92 Å². The van der Waals surface area contributed by atoms with Crippen LogP contribution in [-0.4, -0.2) is 57.2 Å². The van der Waals surface area contributed by atoms with Crippen molar-refractivity contribution < 1.29 is 13.2 Å². The van der Waals surface area contributed by atoms with Gasteiger partial charge in [-0.2, -0.15) is 15.3 Å². The topological polar surface area (TPSA) is 110 Å². The number of aromatic nitrogens is 4. The second-order valence-corrected chi connectivity index (χ2v) is 9.70. The molecular weight excluding hydrogens is 368 g/mol. The molecule has 3 rings (SSSR count). The summed E-state index contributed by atoms with van der Waals surface area (Å²) in [6, 6.07) is 2.98. The Balaban J connectivity index is 1.66. The Hall–Kier alpha value is -2.49. The molecule has 2 aromatic rings. The molecular formula is C17H24N6O3S. The maximum atomic E-state index is 13.1. The normalized spacial score (nSPS) is 16.3. The van der Waals surface area contributed by atoms with E-state index < -0.39 is 14.6 Å². The minimum atomic E-state index is -3.55. The third-order valence-electron chi connectivity index (χ3n) is 5.34. The van der Waals surface area contributed by atoms with Crippen LogP contribution in [0.15, 0.2) is 35.7 Å². The molecule has 0 radical (unpaired) electrons. The fraction of sp³-hybridized carbons (Fsp3) is 0.529. The molecule has 27 heavy (non-hydrogen) atoms. The lowest BCUT2D eigenvalue weighted by atomic mass is 9.86. The molecule has 0 aromatic carbocycles. The van der Waals surface area contributed by atoms with Crippen molar-refractivity contribution in [1.82, 2.24) is 24.9 Å². The number of carbonyl (C=O) groups excluding carboxylic acids is 1.